The quantitative estimate of drug-likeness (QED) is 0.300. The highest BCUT2D eigenvalue weighted by molar-refractivity contribution is 5.61. The number of aromatic hydroxyl groups is 2. The molecule has 0 aliphatic rings. The predicted molar refractivity (Wildman–Crippen MR) is 145 cm³/mol. The van der Waals surface area contributed by atoms with Crippen LogP contribution in [-0.2, 0) is 16.2 Å². The van der Waals surface area contributed by atoms with Crippen molar-refractivity contribution in [1.29, 1.82) is 0 Å². The second-order valence-electron chi connectivity index (χ2n) is 11.5. The predicted octanol–water partition coefficient (Wildman–Crippen LogP) is 8.08. The van der Waals surface area contributed by atoms with Gasteiger partial charge in [-0.1, -0.05) is 114 Å². The Morgan fingerprint density at radius 1 is 0.343 bits per heavy atom. The van der Waals surface area contributed by atoms with Gasteiger partial charge in [-0.2, -0.15) is 0 Å². The van der Waals surface area contributed by atoms with Gasteiger partial charge in [0, 0.05) is 0 Å². The summed E-state index contributed by atoms with van der Waals surface area (Å²) in [4.78, 5) is 0. The Morgan fingerprint density at radius 3 is 0.771 bits per heavy atom. The molecule has 0 aliphatic heterocycles. The highest BCUT2D eigenvalue weighted by Gasteiger charge is 2.39. The first-order valence-corrected chi connectivity index (χ1v) is 12.2. The largest absolute Gasteiger partial charge is 0.508 e. The Hall–Kier alpha value is -3.52. The maximum Gasteiger partial charge on any atom is 0.115 e. The highest BCUT2D eigenvalue weighted by atomic mass is 16.3. The van der Waals surface area contributed by atoms with Crippen LogP contribution in [0.3, 0.4) is 0 Å². The van der Waals surface area contributed by atoms with Gasteiger partial charge in [-0.25, -0.2) is 0 Å². The highest BCUT2D eigenvalue weighted by Crippen LogP contribution is 2.46. The molecule has 0 heterocycles. The fourth-order valence-electron chi connectivity index (χ4n) is 4.86. The van der Waals surface area contributed by atoms with Crippen molar-refractivity contribution in [2.45, 2.75) is 57.8 Å². The van der Waals surface area contributed by atoms with Crippen molar-refractivity contribution >= 4 is 0 Å². The third kappa shape index (κ3) is 4.71. The van der Waals surface area contributed by atoms with Crippen LogP contribution < -0.4 is 0 Å². The lowest BCUT2D eigenvalue weighted by atomic mass is 9.64. The Bertz CT molecular complexity index is 1160. The van der Waals surface area contributed by atoms with Crippen molar-refractivity contribution in [2.75, 3.05) is 0 Å². The molecule has 0 unspecified atom stereocenters. The molecule has 180 valence electrons. The zero-order chi connectivity index (χ0) is 25.4. The molecule has 0 fully saturated rings. The molecule has 2 nitrogen and oxygen atoms in total. The maximum absolute atomic E-state index is 10.1. The Labute approximate surface area is 209 Å². The Morgan fingerprint density at radius 2 is 0.543 bits per heavy atom. The van der Waals surface area contributed by atoms with Crippen LogP contribution in [-0.4, -0.2) is 10.2 Å². The van der Waals surface area contributed by atoms with Gasteiger partial charge in [0.05, 0.1) is 5.41 Å². The first-order valence-electron chi connectivity index (χ1n) is 12.2. The van der Waals surface area contributed by atoms with E-state index in [-0.39, 0.29) is 22.3 Å². The van der Waals surface area contributed by atoms with Gasteiger partial charge in [-0.15, -0.1) is 0 Å². The Kier molecular flexibility index (Phi) is 6.27. The van der Waals surface area contributed by atoms with Gasteiger partial charge in [0.2, 0.25) is 0 Å². The van der Waals surface area contributed by atoms with Crippen molar-refractivity contribution in [3.05, 3.63) is 130 Å². The second kappa shape index (κ2) is 8.92. The van der Waals surface area contributed by atoms with Gasteiger partial charge >= 0.3 is 0 Å². The molecule has 4 rings (SSSR count). The van der Waals surface area contributed by atoms with Gasteiger partial charge < -0.3 is 10.2 Å². The molecular weight excluding hydrogens is 428 g/mol. The van der Waals surface area contributed by atoms with Crippen molar-refractivity contribution in [3.63, 3.8) is 0 Å². The van der Waals surface area contributed by atoms with Crippen LogP contribution in [0.1, 0.15) is 74.9 Å². The normalized spacial score (nSPS) is 12.5. The van der Waals surface area contributed by atoms with Crippen molar-refractivity contribution < 1.29 is 10.2 Å². The molecule has 35 heavy (non-hydrogen) atoms. The third-order valence-corrected chi connectivity index (χ3v) is 6.97. The minimum Gasteiger partial charge on any atom is -0.508 e. The van der Waals surface area contributed by atoms with Gasteiger partial charge in [0.1, 0.15) is 11.5 Å². The standard InChI is InChI=1S/C33H36O2/c1-31(2,3)23-7-11-25(12-8-23)33(27-15-19-29(34)20-16-27,28-17-21-30(35)22-18-28)26-13-9-24(10-14-26)32(4,5)6/h7-22,34-35H,1-6H3. The van der Waals surface area contributed by atoms with Crippen molar-refractivity contribution in [2.24, 2.45) is 0 Å². The van der Waals surface area contributed by atoms with E-state index in [0.29, 0.717) is 0 Å². The van der Waals surface area contributed by atoms with E-state index in [0.717, 1.165) is 22.3 Å². The zero-order valence-electron chi connectivity index (χ0n) is 21.6. The molecule has 0 spiro atoms. The molecule has 4 aromatic rings. The van der Waals surface area contributed by atoms with E-state index in [4.69, 9.17) is 0 Å². The second-order valence-corrected chi connectivity index (χ2v) is 11.5. The molecule has 2 heteroatoms. The monoisotopic (exact) mass is 464 g/mol. The summed E-state index contributed by atoms with van der Waals surface area (Å²) in [6.45, 7) is 13.3. The number of hydrogen-bond acceptors (Lipinski definition) is 2. The van der Waals surface area contributed by atoms with Crippen molar-refractivity contribution in [3.8, 4) is 11.5 Å². The number of phenols is 2. The van der Waals surface area contributed by atoms with Crippen LogP contribution in [0, 0.1) is 0 Å². The van der Waals surface area contributed by atoms with E-state index >= 15 is 0 Å². The lowest BCUT2D eigenvalue weighted by Crippen LogP contribution is -2.31. The smallest absolute Gasteiger partial charge is 0.115 e. The summed E-state index contributed by atoms with van der Waals surface area (Å²) in [6, 6.07) is 32.7. The average Bonchev–Trinajstić information content (AvgIpc) is 2.81. The van der Waals surface area contributed by atoms with E-state index in [2.05, 4.69) is 90.1 Å². The molecular formula is C33H36O2. The molecule has 0 amide bonds. The van der Waals surface area contributed by atoms with E-state index in [1.807, 2.05) is 24.3 Å². The molecule has 0 radical (unpaired) electrons. The first-order chi connectivity index (χ1) is 16.4. The lowest BCUT2D eigenvalue weighted by Gasteiger charge is -2.37. The van der Waals surface area contributed by atoms with Crippen LogP contribution in [0.25, 0.3) is 0 Å². The van der Waals surface area contributed by atoms with Crippen molar-refractivity contribution in [1.82, 2.24) is 0 Å². The Balaban J connectivity index is 2.07. The topological polar surface area (TPSA) is 40.5 Å². The van der Waals surface area contributed by atoms with Crippen LogP contribution in [0.4, 0.5) is 0 Å². The summed E-state index contributed by atoms with van der Waals surface area (Å²) in [7, 11) is 0. The van der Waals surface area contributed by atoms with Crippen LogP contribution >= 0.6 is 0 Å². The fourth-order valence-corrected chi connectivity index (χ4v) is 4.86. The van der Waals surface area contributed by atoms with Crippen LogP contribution in [0.2, 0.25) is 0 Å². The van der Waals surface area contributed by atoms with Gasteiger partial charge in [0.15, 0.2) is 0 Å². The van der Waals surface area contributed by atoms with E-state index in [1.165, 1.54) is 11.1 Å². The molecule has 0 saturated heterocycles. The average molecular weight is 465 g/mol. The summed E-state index contributed by atoms with van der Waals surface area (Å²) in [6.07, 6.45) is 0. The molecule has 0 aromatic heterocycles. The van der Waals surface area contributed by atoms with Crippen LogP contribution in [0.15, 0.2) is 97.1 Å². The summed E-state index contributed by atoms with van der Waals surface area (Å²) in [5, 5.41) is 20.2. The molecule has 2 N–H and O–H groups in total. The van der Waals surface area contributed by atoms with E-state index in [9.17, 15) is 10.2 Å². The number of rotatable bonds is 4. The van der Waals surface area contributed by atoms with E-state index in [1.54, 1.807) is 24.3 Å². The molecule has 4 aromatic carbocycles. The minimum atomic E-state index is -0.631. The summed E-state index contributed by atoms with van der Waals surface area (Å²) < 4.78 is 0. The lowest BCUT2D eigenvalue weighted by molar-refractivity contribution is 0.474. The SMILES string of the molecule is CC(C)(C)c1ccc(C(c2ccc(O)cc2)(c2ccc(O)cc2)c2ccc(C(C)(C)C)cc2)cc1. The van der Waals surface area contributed by atoms with Crippen LogP contribution in [0.5, 0.6) is 11.5 Å². The van der Waals surface area contributed by atoms with Gasteiger partial charge in [-0.05, 0) is 68.5 Å². The minimum absolute atomic E-state index is 0.0482. The number of benzene rings is 4. The van der Waals surface area contributed by atoms with E-state index < -0.39 is 5.41 Å². The first kappa shape index (κ1) is 24.6. The maximum atomic E-state index is 10.1. The third-order valence-electron chi connectivity index (χ3n) is 6.97. The van der Waals surface area contributed by atoms with Gasteiger partial charge in [0.25, 0.3) is 0 Å². The molecule has 0 bridgehead atoms. The van der Waals surface area contributed by atoms with Gasteiger partial charge in [-0.3, -0.25) is 0 Å². The summed E-state index contributed by atoms with van der Waals surface area (Å²) in [5.41, 5.74) is 6.37. The molecule has 0 aliphatic carbocycles. The zero-order valence-corrected chi connectivity index (χ0v) is 21.6. The molecule has 0 atom stereocenters. The number of phenolic OH excluding ortho intramolecular Hbond substituents is 2. The molecule has 0 saturated carbocycles. The fraction of sp³-hybridized carbons (Fsp3) is 0.273. The summed E-state index contributed by atoms with van der Waals surface area (Å²) in [5.74, 6) is 0.471. The summed E-state index contributed by atoms with van der Waals surface area (Å²) >= 11 is 0. The number of hydrogen-bond donors (Lipinski definition) is 2.